The van der Waals surface area contributed by atoms with Crippen molar-refractivity contribution in [3.63, 3.8) is 0 Å². The van der Waals surface area contributed by atoms with Gasteiger partial charge in [-0.2, -0.15) is 0 Å². The lowest BCUT2D eigenvalue weighted by Gasteiger charge is -2.31. The van der Waals surface area contributed by atoms with Crippen molar-refractivity contribution in [1.82, 2.24) is 15.1 Å². The number of ether oxygens (including phenoxy) is 1. The summed E-state index contributed by atoms with van der Waals surface area (Å²) >= 11 is 0. The van der Waals surface area contributed by atoms with E-state index >= 15 is 0 Å². The van der Waals surface area contributed by atoms with Gasteiger partial charge in [0.1, 0.15) is 5.75 Å². The monoisotopic (exact) mass is 318 g/mol. The van der Waals surface area contributed by atoms with Gasteiger partial charge in [0.2, 0.25) is 0 Å². The Labute approximate surface area is 140 Å². The van der Waals surface area contributed by atoms with Crippen LogP contribution in [0.25, 0.3) is 0 Å². The van der Waals surface area contributed by atoms with Gasteiger partial charge < -0.3 is 19.9 Å². The topological polar surface area (TPSA) is 40.1 Å². The molecule has 0 aliphatic carbocycles. The van der Waals surface area contributed by atoms with Gasteiger partial charge in [-0.1, -0.05) is 12.1 Å². The Morgan fingerprint density at radius 3 is 2.74 bits per heavy atom. The molecular weight excluding hydrogens is 288 g/mol. The first kappa shape index (κ1) is 17.6. The zero-order valence-corrected chi connectivity index (χ0v) is 14.9. The average Bonchev–Trinajstić information content (AvgIpc) is 2.56. The molecule has 1 fully saturated rings. The minimum absolute atomic E-state index is 0.708. The second-order valence-electron chi connectivity index (χ2n) is 6.40. The lowest BCUT2D eigenvalue weighted by atomic mass is 9.98. The summed E-state index contributed by atoms with van der Waals surface area (Å²) in [5, 5.41) is 3.53. The molecule has 1 heterocycles. The maximum Gasteiger partial charge on any atom is 0.193 e. The molecule has 1 N–H and O–H groups in total. The number of aliphatic imine (C=N–C) groups is 1. The van der Waals surface area contributed by atoms with Crippen LogP contribution in [0.2, 0.25) is 0 Å². The molecule has 5 heteroatoms. The first-order chi connectivity index (χ1) is 11.1. The number of guanidine groups is 1. The van der Waals surface area contributed by atoms with Crippen molar-refractivity contribution in [1.29, 1.82) is 0 Å². The number of nitrogens with one attached hydrogen (secondary N) is 1. The molecule has 2 rings (SSSR count). The Morgan fingerprint density at radius 2 is 2.13 bits per heavy atom. The molecule has 1 atom stereocenters. The Morgan fingerprint density at radius 1 is 1.39 bits per heavy atom. The molecule has 0 radical (unpaired) electrons. The van der Waals surface area contributed by atoms with Gasteiger partial charge in [0.25, 0.3) is 0 Å². The summed E-state index contributed by atoms with van der Waals surface area (Å²) in [6, 6.07) is 8.19. The molecule has 0 aromatic heterocycles. The number of rotatable bonds is 5. The van der Waals surface area contributed by atoms with Crippen molar-refractivity contribution in [2.45, 2.75) is 19.4 Å². The summed E-state index contributed by atoms with van der Waals surface area (Å²) in [4.78, 5) is 8.99. The SMILES string of the molecule is CN=C(NCC1CCCN(C)C1)N(C)Cc1ccc(OC)cc1. The molecule has 0 saturated carbocycles. The zero-order valence-electron chi connectivity index (χ0n) is 14.9. The molecule has 1 aromatic rings. The van der Waals surface area contributed by atoms with Crippen LogP contribution in [0.5, 0.6) is 5.75 Å². The van der Waals surface area contributed by atoms with Gasteiger partial charge in [-0.3, -0.25) is 4.99 Å². The summed E-state index contributed by atoms with van der Waals surface area (Å²) in [5.41, 5.74) is 1.24. The third kappa shape index (κ3) is 5.43. The smallest absolute Gasteiger partial charge is 0.193 e. The molecule has 0 spiro atoms. The van der Waals surface area contributed by atoms with E-state index in [1.807, 2.05) is 19.2 Å². The largest absolute Gasteiger partial charge is 0.497 e. The zero-order chi connectivity index (χ0) is 16.7. The minimum Gasteiger partial charge on any atom is -0.497 e. The summed E-state index contributed by atoms with van der Waals surface area (Å²) in [6.07, 6.45) is 2.60. The quantitative estimate of drug-likeness (QED) is 0.666. The number of benzene rings is 1. The van der Waals surface area contributed by atoms with Gasteiger partial charge in [0, 0.05) is 33.7 Å². The van der Waals surface area contributed by atoms with E-state index in [2.05, 4.69) is 46.3 Å². The van der Waals surface area contributed by atoms with E-state index < -0.39 is 0 Å². The highest BCUT2D eigenvalue weighted by atomic mass is 16.5. The Hall–Kier alpha value is -1.75. The van der Waals surface area contributed by atoms with Gasteiger partial charge in [0.15, 0.2) is 5.96 Å². The normalized spacial score (nSPS) is 19.5. The highest BCUT2D eigenvalue weighted by Crippen LogP contribution is 2.15. The number of hydrogen-bond acceptors (Lipinski definition) is 3. The van der Waals surface area contributed by atoms with E-state index in [-0.39, 0.29) is 0 Å². The number of methoxy groups -OCH3 is 1. The number of hydrogen-bond donors (Lipinski definition) is 1. The summed E-state index contributed by atoms with van der Waals surface area (Å²) in [7, 11) is 7.82. The summed E-state index contributed by atoms with van der Waals surface area (Å²) in [6.45, 7) is 4.22. The van der Waals surface area contributed by atoms with Crippen molar-refractivity contribution in [3.05, 3.63) is 29.8 Å². The maximum absolute atomic E-state index is 5.20. The van der Waals surface area contributed by atoms with Crippen LogP contribution in [0.3, 0.4) is 0 Å². The molecule has 0 amide bonds. The highest BCUT2D eigenvalue weighted by molar-refractivity contribution is 5.79. The van der Waals surface area contributed by atoms with Crippen LogP contribution in [0, 0.1) is 5.92 Å². The molecule has 0 bridgehead atoms. The van der Waals surface area contributed by atoms with Gasteiger partial charge in [0.05, 0.1) is 7.11 Å². The van der Waals surface area contributed by atoms with Gasteiger partial charge in [-0.15, -0.1) is 0 Å². The fraction of sp³-hybridized carbons (Fsp3) is 0.611. The fourth-order valence-corrected chi connectivity index (χ4v) is 3.14. The van der Waals surface area contributed by atoms with Crippen LogP contribution in [0.1, 0.15) is 18.4 Å². The van der Waals surface area contributed by atoms with Gasteiger partial charge in [-0.05, 0) is 50.0 Å². The van der Waals surface area contributed by atoms with E-state index in [9.17, 15) is 0 Å². The lowest BCUT2D eigenvalue weighted by molar-refractivity contribution is 0.209. The van der Waals surface area contributed by atoms with E-state index in [4.69, 9.17) is 4.74 Å². The van der Waals surface area contributed by atoms with Gasteiger partial charge >= 0.3 is 0 Å². The third-order valence-corrected chi connectivity index (χ3v) is 4.42. The van der Waals surface area contributed by atoms with Crippen LogP contribution in [0.4, 0.5) is 0 Å². The van der Waals surface area contributed by atoms with Crippen molar-refractivity contribution in [2.75, 3.05) is 47.9 Å². The first-order valence-corrected chi connectivity index (χ1v) is 8.35. The van der Waals surface area contributed by atoms with E-state index in [0.717, 1.165) is 24.8 Å². The Bertz CT molecular complexity index is 500. The van der Waals surface area contributed by atoms with Crippen LogP contribution >= 0.6 is 0 Å². The van der Waals surface area contributed by atoms with E-state index in [0.29, 0.717) is 5.92 Å². The minimum atomic E-state index is 0.708. The Kier molecular flexibility index (Phi) is 6.71. The molecular formula is C18H30N4O. The van der Waals surface area contributed by atoms with Crippen molar-refractivity contribution >= 4 is 5.96 Å². The molecule has 1 aromatic carbocycles. The van der Waals surface area contributed by atoms with Gasteiger partial charge in [-0.25, -0.2) is 0 Å². The predicted octanol–water partition coefficient (Wildman–Crippen LogP) is 2.04. The lowest BCUT2D eigenvalue weighted by Crippen LogP contribution is -2.44. The Balaban J connectivity index is 1.84. The molecule has 23 heavy (non-hydrogen) atoms. The average molecular weight is 318 g/mol. The summed E-state index contributed by atoms with van der Waals surface area (Å²) in [5.74, 6) is 2.55. The molecule has 1 aliphatic heterocycles. The van der Waals surface area contributed by atoms with Crippen molar-refractivity contribution in [2.24, 2.45) is 10.9 Å². The van der Waals surface area contributed by atoms with Crippen LogP contribution in [-0.2, 0) is 6.54 Å². The highest BCUT2D eigenvalue weighted by Gasteiger charge is 2.18. The number of nitrogens with zero attached hydrogens (tertiary/aromatic N) is 3. The van der Waals surface area contributed by atoms with Crippen LogP contribution in [0.15, 0.2) is 29.3 Å². The second kappa shape index (κ2) is 8.77. The van der Waals surface area contributed by atoms with Crippen LogP contribution < -0.4 is 10.1 Å². The van der Waals surface area contributed by atoms with E-state index in [1.165, 1.54) is 31.5 Å². The number of likely N-dealkylation sites (tertiary alicyclic amines) is 1. The first-order valence-electron chi connectivity index (χ1n) is 8.35. The molecule has 1 aliphatic rings. The predicted molar refractivity (Wildman–Crippen MR) is 96.0 cm³/mol. The van der Waals surface area contributed by atoms with Crippen molar-refractivity contribution < 1.29 is 4.74 Å². The fourth-order valence-electron chi connectivity index (χ4n) is 3.14. The second-order valence-corrected chi connectivity index (χ2v) is 6.40. The summed E-state index contributed by atoms with van der Waals surface area (Å²) < 4.78 is 5.20. The molecule has 1 unspecified atom stereocenters. The maximum atomic E-state index is 5.20. The third-order valence-electron chi connectivity index (χ3n) is 4.42. The van der Waals surface area contributed by atoms with E-state index in [1.54, 1.807) is 7.11 Å². The van der Waals surface area contributed by atoms with Crippen molar-refractivity contribution in [3.8, 4) is 5.75 Å². The molecule has 5 nitrogen and oxygen atoms in total. The standard InChI is InChI=1S/C18H30N4O/c1-19-18(20-12-16-6-5-11-21(2)13-16)22(3)14-15-7-9-17(23-4)10-8-15/h7-10,16H,5-6,11-14H2,1-4H3,(H,19,20). The number of piperidine rings is 1. The van der Waals surface area contributed by atoms with Crippen LogP contribution in [-0.4, -0.2) is 63.6 Å². The molecule has 128 valence electrons. The molecule has 1 saturated heterocycles.